The summed E-state index contributed by atoms with van der Waals surface area (Å²) in [6.45, 7) is 3.81. The van der Waals surface area contributed by atoms with E-state index in [1.165, 1.54) is 12.8 Å². The summed E-state index contributed by atoms with van der Waals surface area (Å²) in [5.41, 5.74) is 0.401. The molecule has 1 atom stereocenters. The Morgan fingerprint density at radius 3 is 2.89 bits per heavy atom. The molecule has 4 heteroatoms. The van der Waals surface area contributed by atoms with Gasteiger partial charge < -0.3 is 10.0 Å². The van der Waals surface area contributed by atoms with Crippen molar-refractivity contribution in [2.24, 2.45) is 5.92 Å². The molecule has 0 saturated carbocycles. The average molecular weight is 326 g/mol. The Kier molecular flexibility index (Phi) is 4.86. The summed E-state index contributed by atoms with van der Waals surface area (Å²) < 4.78 is 0.781. The van der Waals surface area contributed by atoms with Gasteiger partial charge >= 0.3 is 0 Å². The Bertz CT molecular complexity index is 461. The smallest absolute Gasteiger partial charge is 0.257 e. The van der Waals surface area contributed by atoms with Gasteiger partial charge in [-0.05, 0) is 43.4 Å². The molecule has 1 aliphatic rings. The van der Waals surface area contributed by atoms with E-state index >= 15 is 0 Å². The first kappa shape index (κ1) is 14.4. The van der Waals surface area contributed by atoms with Crippen LogP contribution in [0.3, 0.4) is 0 Å². The molecule has 1 unspecified atom stereocenters. The molecule has 0 aromatic heterocycles. The first-order valence-electron chi connectivity index (χ1n) is 6.89. The molecule has 0 aliphatic carbocycles. The number of carbonyl (C=O) groups is 1. The Labute approximate surface area is 122 Å². The number of aromatic hydroxyl groups is 1. The molecule has 1 heterocycles. The molecule has 1 N–H and O–H groups in total. The lowest BCUT2D eigenvalue weighted by atomic mass is 9.98. The van der Waals surface area contributed by atoms with Gasteiger partial charge in [0.2, 0.25) is 0 Å². The van der Waals surface area contributed by atoms with Gasteiger partial charge in [0.15, 0.2) is 0 Å². The van der Waals surface area contributed by atoms with Crippen molar-refractivity contribution < 1.29 is 9.90 Å². The summed E-state index contributed by atoms with van der Waals surface area (Å²) in [4.78, 5) is 14.3. The fourth-order valence-electron chi connectivity index (χ4n) is 2.63. The molecular weight excluding hydrogens is 306 g/mol. The SMILES string of the molecule is CCC1CCCN(C(=O)c2ccc(Br)cc2O)CC1. The number of carbonyl (C=O) groups excluding carboxylic acids is 1. The molecule has 104 valence electrons. The molecule has 1 aliphatic heterocycles. The summed E-state index contributed by atoms with van der Waals surface area (Å²) in [6, 6.07) is 5.05. The van der Waals surface area contributed by atoms with E-state index in [1.807, 2.05) is 4.90 Å². The maximum Gasteiger partial charge on any atom is 0.257 e. The standard InChI is InChI=1S/C15H20BrNO2/c1-2-11-4-3-8-17(9-7-11)15(19)13-6-5-12(16)10-14(13)18/h5-6,10-11,18H,2-4,7-9H2,1H3. The van der Waals surface area contributed by atoms with Crippen LogP contribution in [-0.2, 0) is 0 Å². The lowest BCUT2D eigenvalue weighted by molar-refractivity contribution is 0.0757. The summed E-state index contributed by atoms with van der Waals surface area (Å²) in [7, 11) is 0. The molecule has 19 heavy (non-hydrogen) atoms. The van der Waals surface area contributed by atoms with E-state index in [-0.39, 0.29) is 11.7 Å². The quantitative estimate of drug-likeness (QED) is 0.898. The lowest BCUT2D eigenvalue weighted by Crippen LogP contribution is -2.32. The van der Waals surface area contributed by atoms with Crippen molar-refractivity contribution in [1.82, 2.24) is 4.90 Å². The van der Waals surface area contributed by atoms with Gasteiger partial charge in [0.1, 0.15) is 5.75 Å². The molecular formula is C15H20BrNO2. The third-order valence-electron chi connectivity index (χ3n) is 3.90. The van der Waals surface area contributed by atoms with Crippen molar-refractivity contribution in [3.63, 3.8) is 0 Å². The highest BCUT2D eigenvalue weighted by Gasteiger charge is 2.22. The number of rotatable bonds is 2. The van der Waals surface area contributed by atoms with E-state index in [0.717, 1.165) is 36.3 Å². The van der Waals surface area contributed by atoms with Crippen LogP contribution in [-0.4, -0.2) is 29.0 Å². The van der Waals surface area contributed by atoms with Gasteiger partial charge in [-0.1, -0.05) is 29.3 Å². The predicted molar refractivity (Wildman–Crippen MR) is 79.3 cm³/mol. The van der Waals surface area contributed by atoms with Gasteiger partial charge in [-0.2, -0.15) is 0 Å². The number of likely N-dealkylation sites (tertiary alicyclic amines) is 1. The van der Waals surface area contributed by atoms with E-state index in [1.54, 1.807) is 18.2 Å². The minimum absolute atomic E-state index is 0.0515. The van der Waals surface area contributed by atoms with E-state index in [4.69, 9.17) is 0 Å². The number of nitrogens with zero attached hydrogens (tertiary/aromatic N) is 1. The van der Waals surface area contributed by atoms with E-state index in [9.17, 15) is 9.90 Å². The zero-order valence-electron chi connectivity index (χ0n) is 11.2. The molecule has 2 rings (SSSR count). The molecule has 1 amide bonds. The molecule has 1 aromatic rings. The molecule has 3 nitrogen and oxygen atoms in total. The third-order valence-corrected chi connectivity index (χ3v) is 4.40. The van der Waals surface area contributed by atoms with Gasteiger partial charge in [0.05, 0.1) is 5.56 Å². The number of hydrogen-bond acceptors (Lipinski definition) is 2. The highest BCUT2D eigenvalue weighted by atomic mass is 79.9. The second-order valence-electron chi connectivity index (χ2n) is 5.16. The number of hydrogen-bond donors (Lipinski definition) is 1. The molecule has 0 radical (unpaired) electrons. The highest BCUT2D eigenvalue weighted by Crippen LogP contribution is 2.26. The Hall–Kier alpha value is -1.03. The number of benzene rings is 1. The first-order valence-corrected chi connectivity index (χ1v) is 7.69. The average Bonchev–Trinajstić information content (AvgIpc) is 2.63. The van der Waals surface area contributed by atoms with Crippen molar-refractivity contribution in [2.75, 3.05) is 13.1 Å². The van der Waals surface area contributed by atoms with Crippen molar-refractivity contribution >= 4 is 21.8 Å². The van der Waals surface area contributed by atoms with Crippen molar-refractivity contribution in [2.45, 2.75) is 32.6 Å². The van der Waals surface area contributed by atoms with Crippen LogP contribution in [0.15, 0.2) is 22.7 Å². The van der Waals surface area contributed by atoms with E-state index in [0.29, 0.717) is 5.56 Å². The second-order valence-corrected chi connectivity index (χ2v) is 6.07. The molecule has 0 spiro atoms. The van der Waals surface area contributed by atoms with Crippen LogP contribution in [0.5, 0.6) is 5.75 Å². The summed E-state index contributed by atoms with van der Waals surface area (Å²) in [5.74, 6) is 0.730. The summed E-state index contributed by atoms with van der Waals surface area (Å²) in [5, 5.41) is 9.88. The predicted octanol–water partition coefficient (Wildman–Crippen LogP) is 3.81. The van der Waals surface area contributed by atoms with Crippen molar-refractivity contribution in [3.05, 3.63) is 28.2 Å². The zero-order chi connectivity index (χ0) is 13.8. The Morgan fingerprint density at radius 2 is 2.21 bits per heavy atom. The minimum Gasteiger partial charge on any atom is -0.507 e. The van der Waals surface area contributed by atoms with Crippen LogP contribution >= 0.6 is 15.9 Å². The lowest BCUT2D eigenvalue weighted by Gasteiger charge is -2.21. The topological polar surface area (TPSA) is 40.5 Å². The largest absolute Gasteiger partial charge is 0.507 e. The molecule has 1 aromatic carbocycles. The fourth-order valence-corrected chi connectivity index (χ4v) is 2.98. The van der Waals surface area contributed by atoms with E-state index in [2.05, 4.69) is 22.9 Å². The maximum atomic E-state index is 12.4. The van der Waals surface area contributed by atoms with Crippen LogP contribution in [0, 0.1) is 5.92 Å². The number of amides is 1. The van der Waals surface area contributed by atoms with Crippen LogP contribution in [0.25, 0.3) is 0 Å². The van der Waals surface area contributed by atoms with Gasteiger partial charge in [-0.3, -0.25) is 4.79 Å². The monoisotopic (exact) mass is 325 g/mol. The second kappa shape index (κ2) is 6.42. The van der Waals surface area contributed by atoms with Crippen molar-refractivity contribution in [3.8, 4) is 5.75 Å². The third kappa shape index (κ3) is 3.50. The van der Waals surface area contributed by atoms with Gasteiger partial charge in [-0.25, -0.2) is 0 Å². The van der Waals surface area contributed by atoms with Crippen LogP contribution in [0.2, 0.25) is 0 Å². The summed E-state index contributed by atoms with van der Waals surface area (Å²) >= 11 is 3.29. The normalized spacial score (nSPS) is 20.1. The molecule has 1 saturated heterocycles. The molecule has 0 bridgehead atoms. The van der Waals surface area contributed by atoms with Gasteiger partial charge in [0.25, 0.3) is 5.91 Å². The van der Waals surface area contributed by atoms with Gasteiger partial charge in [0, 0.05) is 17.6 Å². The zero-order valence-corrected chi connectivity index (χ0v) is 12.8. The van der Waals surface area contributed by atoms with E-state index < -0.39 is 0 Å². The van der Waals surface area contributed by atoms with Crippen LogP contribution in [0.1, 0.15) is 43.0 Å². The van der Waals surface area contributed by atoms with Crippen molar-refractivity contribution in [1.29, 1.82) is 0 Å². The Balaban J connectivity index is 2.10. The molecule has 1 fully saturated rings. The fraction of sp³-hybridized carbons (Fsp3) is 0.533. The first-order chi connectivity index (χ1) is 9.11. The van der Waals surface area contributed by atoms with Crippen LogP contribution < -0.4 is 0 Å². The number of phenolic OH excluding ortho intramolecular Hbond substituents is 1. The number of halogens is 1. The summed E-state index contributed by atoms with van der Waals surface area (Å²) in [6.07, 6.45) is 4.51. The number of phenols is 1. The maximum absolute atomic E-state index is 12.4. The minimum atomic E-state index is -0.0539. The van der Waals surface area contributed by atoms with Gasteiger partial charge in [-0.15, -0.1) is 0 Å². The highest BCUT2D eigenvalue weighted by molar-refractivity contribution is 9.10. The Morgan fingerprint density at radius 1 is 1.42 bits per heavy atom. The van der Waals surface area contributed by atoms with Crippen LogP contribution in [0.4, 0.5) is 0 Å².